The van der Waals surface area contributed by atoms with Gasteiger partial charge in [0.2, 0.25) is 0 Å². The van der Waals surface area contributed by atoms with Gasteiger partial charge in [0, 0.05) is 12.6 Å². The summed E-state index contributed by atoms with van der Waals surface area (Å²) in [6, 6.07) is 13.6. The molecule has 0 unspecified atom stereocenters. The van der Waals surface area contributed by atoms with Gasteiger partial charge in [-0.25, -0.2) is 8.42 Å². The second-order valence-electron chi connectivity index (χ2n) is 7.74. The molecule has 0 aliphatic carbocycles. The number of carbonyl (C=O) groups excluding carboxylic acids is 1. The van der Waals surface area contributed by atoms with Crippen molar-refractivity contribution in [1.29, 1.82) is 0 Å². The molecule has 1 amide bonds. The Morgan fingerprint density at radius 1 is 1.10 bits per heavy atom. The fraction of sp³-hybridized carbons (Fsp3) is 0.435. The van der Waals surface area contributed by atoms with E-state index in [2.05, 4.69) is 19.1 Å². The zero-order valence-electron chi connectivity index (χ0n) is 17.3. The number of aryl methyl sites for hydroxylation is 2. The maximum atomic E-state index is 13.0. The third-order valence-electron chi connectivity index (χ3n) is 5.66. The van der Waals surface area contributed by atoms with Crippen LogP contribution in [0.15, 0.2) is 42.5 Å². The van der Waals surface area contributed by atoms with Gasteiger partial charge in [-0.2, -0.15) is 0 Å². The smallest absolute Gasteiger partial charge is 0.261 e. The van der Waals surface area contributed by atoms with Crippen LogP contribution in [0.5, 0.6) is 5.75 Å². The van der Waals surface area contributed by atoms with Crippen LogP contribution < -0.4 is 4.74 Å². The van der Waals surface area contributed by atoms with Crippen molar-refractivity contribution in [2.24, 2.45) is 0 Å². The Hall–Kier alpha value is -2.34. The van der Waals surface area contributed by atoms with Gasteiger partial charge in [0.15, 0.2) is 16.4 Å². The van der Waals surface area contributed by atoms with E-state index in [0.29, 0.717) is 18.7 Å². The Labute approximate surface area is 173 Å². The van der Waals surface area contributed by atoms with Gasteiger partial charge >= 0.3 is 0 Å². The van der Waals surface area contributed by atoms with Crippen LogP contribution in [0.1, 0.15) is 35.6 Å². The van der Waals surface area contributed by atoms with Gasteiger partial charge in [-0.3, -0.25) is 4.79 Å². The van der Waals surface area contributed by atoms with Crippen molar-refractivity contribution in [3.05, 3.63) is 64.7 Å². The van der Waals surface area contributed by atoms with Crippen molar-refractivity contribution in [1.82, 2.24) is 4.90 Å². The lowest BCUT2D eigenvalue weighted by molar-refractivity contribution is -0.136. The normalized spacial score (nSPS) is 17.8. The third kappa shape index (κ3) is 5.38. The van der Waals surface area contributed by atoms with E-state index in [4.69, 9.17) is 4.74 Å². The molecule has 29 heavy (non-hydrogen) atoms. The summed E-state index contributed by atoms with van der Waals surface area (Å²) >= 11 is 0. The van der Waals surface area contributed by atoms with E-state index >= 15 is 0 Å². The number of hydrogen-bond donors (Lipinski definition) is 0. The molecule has 1 atom stereocenters. The molecule has 1 aliphatic heterocycles. The number of hydrogen-bond acceptors (Lipinski definition) is 4. The fourth-order valence-electron chi connectivity index (χ4n) is 3.62. The van der Waals surface area contributed by atoms with Crippen LogP contribution in [0.3, 0.4) is 0 Å². The van der Waals surface area contributed by atoms with E-state index in [-0.39, 0.29) is 30.1 Å². The van der Waals surface area contributed by atoms with Gasteiger partial charge < -0.3 is 9.64 Å². The lowest BCUT2D eigenvalue weighted by atomic mass is 10.1. The van der Waals surface area contributed by atoms with Crippen molar-refractivity contribution in [3.63, 3.8) is 0 Å². The minimum atomic E-state index is -3.09. The highest BCUT2D eigenvalue weighted by Crippen LogP contribution is 2.23. The molecule has 0 radical (unpaired) electrons. The molecule has 3 rings (SSSR count). The Kier molecular flexibility index (Phi) is 6.63. The third-order valence-corrected chi connectivity index (χ3v) is 7.41. The molecule has 0 spiro atoms. The Bertz CT molecular complexity index is 967. The number of amides is 1. The van der Waals surface area contributed by atoms with Crippen molar-refractivity contribution in [3.8, 4) is 5.75 Å². The van der Waals surface area contributed by atoms with Gasteiger partial charge in [0.05, 0.1) is 11.5 Å². The van der Waals surface area contributed by atoms with Crippen LogP contribution in [0.25, 0.3) is 0 Å². The quantitative estimate of drug-likeness (QED) is 0.695. The maximum absolute atomic E-state index is 13.0. The zero-order valence-corrected chi connectivity index (χ0v) is 18.2. The Balaban J connectivity index is 1.76. The molecule has 0 saturated carbocycles. The summed E-state index contributed by atoms with van der Waals surface area (Å²) in [6.07, 6.45) is 1.43. The summed E-state index contributed by atoms with van der Waals surface area (Å²) in [5, 5.41) is 0. The van der Waals surface area contributed by atoms with Gasteiger partial charge in [-0.1, -0.05) is 43.3 Å². The summed E-state index contributed by atoms with van der Waals surface area (Å²) < 4.78 is 29.8. The highest BCUT2D eigenvalue weighted by atomic mass is 32.2. The lowest BCUT2D eigenvalue weighted by Gasteiger charge is -2.28. The largest absolute Gasteiger partial charge is 0.483 e. The minimum Gasteiger partial charge on any atom is -0.483 e. The Morgan fingerprint density at radius 2 is 1.79 bits per heavy atom. The minimum absolute atomic E-state index is 0.0231. The van der Waals surface area contributed by atoms with E-state index in [0.717, 1.165) is 23.1 Å². The summed E-state index contributed by atoms with van der Waals surface area (Å²) in [5.74, 6) is 0.653. The fourth-order valence-corrected chi connectivity index (χ4v) is 5.35. The molecule has 1 aliphatic rings. The predicted molar refractivity (Wildman–Crippen MR) is 115 cm³/mol. The molecule has 2 aromatic rings. The van der Waals surface area contributed by atoms with E-state index in [1.807, 2.05) is 44.2 Å². The number of rotatable bonds is 7. The monoisotopic (exact) mass is 415 g/mol. The molecule has 1 heterocycles. The van der Waals surface area contributed by atoms with Crippen LogP contribution in [-0.4, -0.2) is 43.4 Å². The van der Waals surface area contributed by atoms with Gasteiger partial charge in [0.25, 0.3) is 5.91 Å². The van der Waals surface area contributed by atoms with E-state index < -0.39 is 9.84 Å². The predicted octanol–water partition coefficient (Wildman–Crippen LogP) is 3.46. The molecule has 0 aromatic heterocycles. The summed E-state index contributed by atoms with van der Waals surface area (Å²) in [7, 11) is -3.09. The molecule has 0 N–H and O–H groups in total. The summed E-state index contributed by atoms with van der Waals surface area (Å²) in [6.45, 7) is 6.34. The van der Waals surface area contributed by atoms with Crippen LogP contribution in [0.4, 0.5) is 0 Å². The number of benzene rings is 2. The van der Waals surface area contributed by atoms with Crippen LogP contribution in [-0.2, 0) is 27.6 Å². The highest BCUT2D eigenvalue weighted by molar-refractivity contribution is 7.91. The Morgan fingerprint density at radius 3 is 2.41 bits per heavy atom. The first kappa shape index (κ1) is 21.4. The van der Waals surface area contributed by atoms with Crippen LogP contribution in [0.2, 0.25) is 0 Å². The van der Waals surface area contributed by atoms with Gasteiger partial charge in [-0.15, -0.1) is 0 Å². The van der Waals surface area contributed by atoms with Crippen molar-refractivity contribution in [2.45, 2.75) is 46.2 Å². The number of carbonyl (C=O) groups is 1. The average molecular weight is 416 g/mol. The SMILES string of the molecule is CCc1ccc(CN(C(=O)COc2cccc(C)c2C)[C@H]2CCS(=O)(=O)C2)cc1. The zero-order chi connectivity index (χ0) is 21.0. The van der Waals surface area contributed by atoms with Gasteiger partial charge in [-0.05, 0) is 55.0 Å². The molecular formula is C23H29NO4S. The highest BCUT2D eigenvalue weighted by Gasteiger charge is 2.34. The van der Waals surface area contributed by atoms with Crippen LogP contribution >= 0.6 is 0 Å². The summed E-state index contributed by atoms with van der Waals surface area (Å²) in [5.41, 5.74) is 4.33. The van der Waals surface area contributed by atoms with Crippen molar-refractivity contribution >= 4 is 15.7 Å². The molecule has 156 valence electrons. The summed E-state index contributed by atoms with van der Waals surface area (Å²) in [4.78, 5) is 14.7. The maximum Gasteiger partial charge on any atom is 0.261 e. The first-order valence-corrected chi connectivity index (χ1v) is 11.9. The van der Waals surface area contributed by atoms with Gasteiger partial charge in [0.1, 0.15) is 5.75 Å². The van der Waals surface area contributed by atoms with E-state index in [9.17, 15) is 13.2 Å². The van der Waals surface area contributed by atoms with Crippen molar-refractivity contribution in [2.75, 3.05) is 18.1 Å². The van der Waals surface area contributed by atoms with E-state index in [1.54, 1.807) is 4.90 Å². The average Bonchev–Trinajstić information content (AvgIpc) is 3.07. The van der Waals surface area contributed by atoms with Crippen molar-refractivity contribution < 1.29 is 17.9 Å². The molecular weight excluding hydrogens is 386 g/mol. The first-order chi connectivity index (χ1) is 13.8. The van der Waals surface area contributed by atoms with E-state index in [1.165, 1.54) is 5.56 Å². The number of sulfone groups is 1. The number of nitrogens with zero attached hydrogens (tertiary/aromatic N) is 1. The molecule has 6 heteroatoms. The second-order valence-corrected chi connectivity index (χ2v) is 9.96. The molecule has 5 nitrogen and oxygen atoms in total. The second kappa shape index (κ2) is 8.99. The first-order valence-electron chi connectivity index (χ1n) is 10.1. The molecule has 1 fully saturated rings. The topological polar surface area (TPSA) is 63.7 Å². The number of ether oxygens (including phenoxy) is 1. The molecule has 2 aromatic carbocycles. The van der Waals surface area contributed by atoms with Crippen LogP contribution in [0, 0.1) is 13.8 Å². The lowest BCUT2D eigenvalue weighted by Crippen LogP contribution is -2.43. The standard InChI is InChI=1S/C23H29NO4S/c1-4-19-8-10-20(11-9-19)14-24(21-12-13-29(26,27)16-21)23(25)15-28-22-7-5-6-17(2)18(22)3/h5-11,21H,4,12-16H2,1-3H3/t21-/m0/s1. The molecule has 0 bridgehead atoms. The molecule has 1 saturated heterocycles.